The van der Waals surface area contributed by atoms with Crippen LogP contribution in [0.5, 0.6) is 5.88 Å². The molecule has 2 aromatic carbocycles. The summed E-state index contributed by atoms with van der Waals surface area (Å²) in [6.07, 6.45) is 0. The van der Waals surface area contributed by atoms with Crippen molar-refractivity contribution < 1.29 is 34.2 Å². The second kappa shape index (κ2) is 14.1. The lowest BCUT2D eigenvalue weighted by Crippen LogP contribution is -2.71. The maximum absolute atomic E-state index is 13.7. The van der Waals surface area contributed by atoms with Crippen LogP contribution >= 0.6 is 34.9 Å². The van der Waals surface area contributed by atoms with Crippen LogP contribution < -0.4 is 16.4 Å². The van der Waals surface area contributed by atoms with Crippen LogP contribution in [0.4, 0.5) is 0 Å². The van der Waals surface area contributed by atoms with Crippen molar-refractivity contribution in [3.63, 3.8) is 0 Å². The lowest BCUT2D eigenvalue weighted by atomic mass is 10.0. The molecule has 1 fully saturated rings. The van der Waals surface area contributed by atoms with Gasteiger partial charge in [0.15, 0.2) is 4.34 Å². The van der Waals surface area contributed by atoms with Crippen molar-refractivity contribution in [2.24, 2.45) is 5.73 Å². The van der Waals surface area contributed by atoms with E-state index in [1.54, 1.807) is 36.4 Å². The number of nitrogens with one attached hydrogen (secondary N) is 2. The number of hydrogen-bond donors (Lipinski definition) is 5. The molecule has 0 radical (unpaired) electrons. The Kier molecular flexibility index (Phi) is 9.66. The van der Waals surface area contributed by atoms with Crippen LogP contribution in [-0.2, 0) is 14.4 Å². The molecule has 2 unspecified atom stereocenters. The van der Waals surface area contributed by atoms with E-state index in [4.69, 9.17) is 5.73 Å². The number of aromatic hydroxyl groups is 1. The standard InChI is InChI=1S/C32H27N7O7S3/c1-15-7-9-16(10-8-15)20-12-11-19(25(41)34-20)26(42)35-21(17-5-3-2-4-6-17)27(43)36-22-29(44)39-23(31(45)46)18(13-47-30(22)39)14-48-32-38-37-28(49-32)24(33)40/h2-12,21-22,30H,13-14H2,1H3,(H2,33,40)(H,34,41)(H,35,42)(H,36,43)(H,45,46)/t21?,22?,30-/m0/s1. The van der Waals surface area contributed by atoms with E-state index in [0.717, 1.165) is 27.4 Å². The highest BCUT2D eigenvalue weighted by Crippen LogP contribution is 2.42. The van der Waals surface area contributed by atoms with Gasteiger partial charge in [-0.1, -0.05) is 83.3 Å². The predicted octanol–water partition coefficient (Wildman–Crippen LogP) is 2.72. The number of rotatable bonds is 11. The molecule has 0 spiro atoms. The highest BCUT2D eigenvalue weighted by molar-refractivity contribution is 8.01. The van der Waals surface area contributed by atoms with E-state index < -0.39 is 52.9 Å². The van der Waals surface area contributed by atoms with Crippen LogP contribution in [0, 0.1) is 6.92 Å². The van der Waals surface area contributed by atoms with Gasteiger partial charge in [-0.2, -0.15) is 0 Å². The van der Waals surface area contributed by atoms with Crippen LogP contribution in [0.15, 0.2) is 82.3 Å². The molecule has 2 aliphatic rings. The number of nitrogens with two attached hydrogens (primary N) is 1. The lowest BCUT2D eigenvalue weighted by molar-refractivity contribution is -0.151. The molecule has 1 saturated heterocycles. The van der Waals surface area contributed by atoms with Gasteiger partial charge in [0, 0.05) is 17.1 Å². The van der Waals surface area contributed by atoms with Gasteiger partial charge in [0.05, 0.1) is 5.69 Å². The molecule has 4 amide bonds. The van der Waals surface area contributed by atoms with Crippen molar-refractivity contribution in [1.29, 1.82) is 0 Å². The molecule has 49 heavy (non-hydrogen) atoms. The average molecular weight is 718 g/mol. The second-order valence-corrected chi connectivity index (χ2v) is 14.2. The molecule has 0 bridgehead atoms. The highest BCUT2D eigenvalue weighted by Gasteiger charge is 2.54. The van der Waals surface area contributed by atoms with E-state index >= 15 is 0 Å². The van der Waals surface area contributed by atoms with Gasteiger partial charge in [-0.05, 0) is 30.2 Å². The Morgan fingerprint density at radius 1 is 1.06 bits per heavy atom. The minimum Gasteiger partial charge on any atom is -0.493 e. The van der Waals surface area contributed by atoms with Crippen LogP contribution in [0.2, 0.25) is 0 Å². The van der Waals surface area contributed by atoms with Crippen molar-refractivity contribution in [1.82, 2.24) is 30.7 Å². The summed E-state index contributed by atoms with van der Waals surface area (Å²) < 4.78 is 0.415. The normalized spacial score (nSPS) is 17.5. The number of carboxylic acids is 1. The molecule has 0 aliphatic carbocycles. The molecule has 0 saturated carbocycles. The first-order valence-electron chi connectivity index (χ1n) is 14.6. The number of aryl methyl sites for hydroxylation is 1. The average Bonchev–Trinajstić information content (AvgIpc) is 3.58. The minimum absolute atomic E-state index is 0.0269. The zero-order valence-corrected chi connectivity index (χ0v) is 28.0. The van der Waals surface area contributed by atoms with Gasteiger partial charge in [0.1, 0.15) is 28.7 Å². The third-order valence-corrected chi connectivity index (χ3v) is 11.2. The number of hydrogen-bond acceptors (Lipinski definition) is 12. The number of thioether (sulfide) groups is 2. The van der Waals surface area contributed by atoms with E-state index in [1.807, 2.05) is 31.2 Å². The van der Waals surface area contributed by atoms with Crippen LogP contribution in [0.1, 0.15) is 37.3 Å². The minimum atomic E-state index is -1.30. The molecule has 2 aromatic heterocycles. The molecular formula is C32H27N7O7S3. The van der Waals surface area contributed by atoms with E-state index in [9.17, 15) is 34.2 Å². The van der Waals surface area contributed by atoms with Gasteiger partial charge in [0.2, 0.25) is 16.8 Å². The topological polar surface area (TPSA) is 218 Å². The SMILES string of the molecule is Cc1ccc(-c2ccc(C(=O)NC(C(=O)NC3C(=O)N4C(C(=O)O)=C(CSc5nnc(C(N)=O)s5)CS[C@@H]34)c3ccccc3)c(O)n2)cc1. The largest absolute Gasteiger partial charge is 0.493 e. The summed E-state index contributed by atoms with van der Waals surface area (Å²) in [5.41, 5.74) is 8.03. The lowest BCUT2D eigenvalue weighted by Gasteiger charge is -2.49. The van der Waals surface area contributed by atoms with E-state index in [2.05, 4.69) is 25.8 Å². The summed E-state index contributed by atoms with van der Waals surface area (Å²) in [4.78, 5) is 69.4. The van der Waals surface area contributed by atoms with Gasteiger partial charge in [0.25, 0.3) is 17.7 Å². The number of β-lactam (4-membered cyclic amide) rings is 1. The highest BCUT2D eigenvalue weighted by atomic mass is 32.2. The van der Waals surface area contributed by atoms with Crippen LogP contribution in [-0.4, -0.2) is 82.8 Å². The monoisotopic (exact) mass is 717 g/mol. The Balaban J connectivity index is 1.17. The Hall–Kier alpha value is -5.26. The predicted molar refractivity (Wildman–Crippen MR) is 182 cm³/mol. The van der Waals surface area contributed by atoms with Crippen molar-refractivity contribution in [2.45, 2.75) is 28.7 Å². The fourth-order valence-electron chi connectivity index (χ4n) is 5.21. The molecule has 4 aromatic rings. The number of carbonyl (C=O) groups is 5. The number of carbonyl (C=O) groups excluding carboxylic acids is 4. The van der Waals surface area contributed by atoms with Crippen molar-refractivity contribution in [3.05, 3.63) is 99.7 Å². The number of fused-ring (bicyclic) bond motifs is 1. The van der Waals surface area contributed by atoms with Crippen molar-refractivity contribution in [3.8, 4) is 17.1 Å². The van der Waals surface area contributed by atoms with Gasteiger partial charge in [-0.3, -0.25) is 24.1 Å². The van der Waals surface area contributed by atoms with Crippen molar-refractivity contribution in [2.75, 3.05) is 11.5 Å². The number of aromatic nitrogens is 3. The number of aliphatic carboxylic acids is 1. The zero-order valence-electron chi connectivity index (χ0n) is 25.5. The summed E-state index contributed by atoms with van der Waals surface area (Å²) in [6.45, 7) is 1.95. The van der Waals surface area contributed by atoms with E-state index in [0.29, 0.717) is 21.2 Å². The number of amides is 4. The fraction of sp³-hybridized carbons (Fsp3) is 0.188. The molecule has 14 nitrogen and oxygen atoms in total. The number of primary amides is 1. The first-order valence-corrected chi connectivity index (χ1v) is 17.5. The summed E-state index contributed by atoms with van der Waals surface area (Å²) in [7, 11) is 0. The van der Waals surface area contributed by atoms with Gasteiger partial charge in [-0.25, -0.2) is 9.78 Å². The quantitative estimate of drug-likeness (QED) is 0.112. The number of pyridine rings is 1. The first-order chi connectivity index (χ1) is 23.5. The summed E-state index contributed by atoms with van der Waals surface area (Å²) in [5.74, 6) is -4.21. The van der Waals surface area contributed by atoms with Gasteiger partial charge >= 0.3 is 5.97 Å². The number of carboxylic acid groups (broad SMARTS) is 1. The van der Waals surface area contributed by atoms with Crippen LogP contribution in [0.25, 0.3) is 11.3 Å². The third kappa shape index (κ3) is 6.99. The maximum atomic E-state index is 13.7. The Morgan fingerprint density at radius 3 is 2.45 bits per heavy atom. The molecule has 17 heteroatoms. The molecule has 2 aliphatic heterocycles. The summed E-state index contributed by atoms with van der Waals surface area (Å²) in [5, 5.41) is 33.0. The van der Waals surface area contributed by atoms with Gasteiger partial charge in [-0.15, -0.1) is 22.0 Å². The zero-order chi connectivity index (χ0) is 34.8. The fourth-order valence-corrected chi connectivity index (χ4v) is 8.40. The Morgan fingerprint density at radius 2 is 1.80 bits per heavy atom. The summed E-state index contributed by atoms with van der Waals surface area (Å²) in [6, 6.07) is 16.5. The van der Waals surface area contributed by atoms with Crippen LogP contribution in [0.3, 0.4) is 0 Å². The third-order valence-electron chi connectivity index (χ3n) is 7.67. The molecule has 250 valence electrons. The molecular weight excluding hydrogens is 691 g/mol. The molecule has 4 heterocycles. The van der Waals surface area contributed by atoms with Gasteiger partial charge < -0.3 is 26.6 Å². The van der Waals surface area contributed by atoms with Crippen molar-refractivity contribution >= 4 is 64.5 Å². The Bertz CT molecular complexity index is 2000. The van der Waals surface area contributed by atoms with E-state index in [1.165, 1.54) is 29.6 Å². The number of nitrogens with zero attached hydrogens (tertiary/aromatic N) is 4. The summed E-state index contributed by atoms with van der Waals surface area (Å²) >= 11 is 3.43. The second-order valence-electron chi connectivity index (χ2n) is 10.9. The van der Waals surface area contributed by atoms with E-state index in [-0.39, 0.29) is 27.8 Å². The maximum Gasteiger partial charge on any atom is 0.352 e. The first kappa shape index (κ1) is 33.6. The smallest absolute Gasteiger partial charge is 0.352 e. The number of benzene rings is 2. The molecule has 3 atom stereocenters. The Labute approximate surface area is 291 Å². The molecule has 6 N–H and O–H groups in total. The molecule has 6 rings (SSSR count).